The third kappa shape index (κ3) is 4.36. The normalized spacial score (nSPS) is 14.5. The minimum Gasteiger partial charge on any atom is -0.493 e. The Balaban J connectivity index is 2.35. The summed E-state index contributed by atoms with van der Waals surface area (Å²) in [5.74, 6) is 1.27. The van der Waals surface area contributed by atoms with Gasteiger partial charge in [-0.05, 0) is 25.0 Å². The van der Waals surface area contributed by atoms with Gasteiger partial charge < -0.3 is 19.1 Å². The van der Waals surface area contributed by atoms with Crippen molar-refractivity contribution in [2.24, 2.45) is 0 Å². The van der Waals surface area contributed by atoms with E-state index in [0.29, 0.717) is 35.8 Å². The highest BCUT2D eigenvalue weighted by Gasteiger charge is 2.27. The highest BCUT2D eigenvalue weighted by molar-refractivity contribution is 5.96. The summed E-state index contributed by atoms with van der Waals surface area (Å²) < 4.78 is 16.0. The summed E-state index contributed by atoms with van der Waals surface area (Å²) in [6.45, 7) is 0.441. The average Bonchev–Trinajstić information content (AvgIpc) is 2.67. The van der Waals surface area contributed by atoms with Crippen LogP contribution in [0.5, 0.6) is 17.2 Å². The van der Waals surface area contributed by atoms with E-state index in [-0.39, 0.29) is 11.9 Å². The lowest BCUT2D eigenvalue weighted by Gasteiger charge is -2.34. The van der Waals surface area contributed by atoms with E-state index in [1.165, 1.54) is 27.8 Å². The second-order valence-corrected chi connectivity index (χ2v) is 6.11. The number of amides is 1. The lowest BCUT2D eigenvalue weighted by molar-refractivity contribution is 0.0638. The Morgan fingerprint density at radius 1 is 1.12 bits per heavy atom. The van der Waals surface area contributed by atoms with Gasteiger partial charge in [-0.2, -0.15) is 5.26 Å². The first-order valence-electron chi connectivity index (χ1n) is 8.64. The van der Waals surface area contributed by atoms with E-state index < -0.39 is 0 Å². The molecule has 1 aromatic carbocycles. The monoisotopic (exact) mass is 346 g/mol. The Morgan fingerprint density at radius 2 is 1.72 bits per heavy atom. The van der Waals surface area contributed by atoms with Crippen molar-refractivity contribution in [1.82, 2.24) is 4.90 Å². The van der Waals surface area contributed by atoms with Gasteiger partial charge in [0.1, 0.15) is 0 Å². The zero-order chi connectivity index (χ0) is 18.2. The predicted molar refractivity (Wildman–Crippen MR) is 94.2 cm³/mol. The van der Waals surface area contributed by atoms with Crippen molar-refractivity contribution in [2.45, 2.75) is 44.6 Å². The molecule has 2 rings (SSSR count). The van der Waals surface area contributed by atoms with Crippen LogP contribution in [-0.2, 0) is 0 Å². The summed E-state index contributed by atoms with van der Waals surface area (Å²) in [4.78, 5) is 15.0. The molecular weight excluding hydrogens is 320 g/mol. The molecule has 25 heavy (non-hydrogen) atoms. The molecule has 0 N–H and O–H groups in total. The standard InChI is InChI=1S/C19H26N2O4/c1-23-16-12-14(13-17(24-2)18(16)25-3)19(22)21(11-7-10-20)15-8-5-4-6-9-15/h12-13,15H,4-9,11H2,1-3H3. The second-order valence-electron chi connectivity index (χ2n) is 6.11. The lowest BCUT2D eigenvalue weighted by atomic mass is 9.93. The molecule has 0 unspecified atom stereocenters. The van der Waals surface area contributed by atoms with Crippen molar-refractivity contribution in [3.05, 3.63) is 17.7 Å². The number of nitrogens with zero attached hydrogens (tertiary/aromatic N) is 2. The fourth-order valence-corrected chi connectivity index (χ4v) is 3.38. The van der Waals surface area contributed by atoms with E-state index in [1.54, 1.807) is 12.1 Å². The Hall–Kier alpha value is -2.42. The van der Waals surface area contributed by atoms with Crippen molar-refractivity contribution in [3.8, 4) is 23.3 Å². The van der Waals surface area contributed by atoms with Crippen molar-refractivity contribution in [1.29, 1.82) is 5.26 Å². The second kappa shape index (κ2) is 9.16. The summed E-state index contributed by atoms with van der Waals surface area (Å²) in [6.07, 6.45) is 5.75. The highest BCUT2D eigenvalue weighted by atomic mass is 16.5. The van der Waals surface area contributed by atoms with Gasteiger partial charge in [0, 0.05) is 18.2 Å². The molecule has 1 fully saturated rings. The third-order valence-corrected chi connectivity index (χ3v) is 4.65. The number of carbonyl (C=O) groups is 1. The average molecular weight is 346 g/mol. The van der Waals surface area contributed by atoms with Crippen LogP contribution in [0.4, 0.5) is 0 Å². The Morgan fingerprint density at radius 3 is 2.20 bits per heavy atom. The van der Waals surface area contributed by atoms with Crippen LogP contribution in [0, 0.1) is 11.3 Å². The minimum atomic E-state index is -0.0959. The SMILES string of the molecule is COc1cc(C(=O)N(CCC#N)C2CCCCC2)cc(OC)c1OC. The molecule has 0 radical (unpaired) electrons. The fourth-order valence-electron chi connectivity index (χ4n) is 3.38. The largest absolute Gasteiger partial charge is 0.493 e. The maximum atomic E-state index is 13.2. The molecule has 0 saturated heterocycles. The van der Waals surface area contributed by atoms with Gasteiger partial charge in [0.25, 0.3) is 5.91 Å². The van der Waals surface area contributed by atoms with Crippen molar-refractivity contribution >= 4 is 5.91 Å². The van der Waals surface area contributed by atoms with Gasteiger partial charge in [0.05, 0.1) is 33.8 Å². The zero-order valence-electron chi connectivity index (χ0n) is 15.2. The van der Waals surface area contributed by atoms with E-state index in [4.69, 9.17) is 19.5 Å². The quantitative estimate of drug-likeness (QED) is 0.756. The fraction of sp³-hybridized carbons (Fsp3) is 0.579. The van der Waals surface area contributed by atoms with Crippen molar-refractivity contribution in [3.63, 3.8) is 0 Å². The summed E-state index contributed by atoms with van der Waals surface area (Å²) in [6, 6.07) is 5.68. The maximum absolute atomic E-state index is 13.2. The molecule has 1 saturated carbocycles. The van der Waals surface area contributed by atoms with E-state index in [2.05, 4.69) is 6.07 Å². The first-order chi connectivity index (χ1) is 12.2. The van der Waals surface area contributed by atoms with Gasteiger partial charge in [-0.3, -0.25) is 4.79 Å². The van der Waals surface area contributed by atoms with Gasteiger partial charge in [0.15, 0.2) is 11.5 Å². The Bertz CT molecular complexity index is 608. The molecular formula is C19H26N2O4. The van der Waals surface area contributed by atoms with Gasteiger partial charge in [0.2, 0.25) is 5.75 Å². The van der Waals surface area contributed by atoms with Crippen LogP contribution < -0.4 is 14.2 Å². The number of hydrogen-bond acceptors (Lipinski definition) is 5. The predicted octanol–water partition coefficient (Wildman–Crippen LogP) is 3.40. The van der Waals surface area contributed by atoms with Gasteiger partial charge in [-0.1, -0.05) is 19.3 Å². The summed E-state index contributed by atoms with van der Waals surface area (Å²) in [5, 5.41) is 8.95. The first kappa shape index (κ1) is 18.9. The van der Waals surface area contributed by atoms with E-state index in [0.717, 1.165) is 25.7 Å². The first-order valence-corrected chi connectivity index (χ1v) is 8.64. The smallest absolute Gasteiger partial charge is 0.254 e. The highest BCUT2D eigenvalue weighted by Crippen LogP contribution is 2.38. The molecule has 6 heteroatoms. The molecule has 0 heterocycles. The molecule has 1 aliphatic carbocycles. The molecule has 0 atom stereocenters. The zero-order valence-corrected chi connectivity index (χ0v) is 15.2. The molecule has 0 aromatic heterocycles. The summed E-state index contributed by atoms with van der Waals surface area (Å²) in [7, 11) is 4.59. The van der Waals surface area contributed by atoms with Crippen LogP contribution in [0.15, 0.2) is 12.1 Å². The van der Waals surface area contributed by atoms with Crippen LogP contribution in [0.2, 0.25) is 0 Å². The van der Waals surface area contributed by atoms with Crippen LogP contribution in [-0.4, -0.2) is 44.7 Å². The van der Waals surface area contributed by atoms with Crippen LogP contribution in [0.3, 0.4) is 0 Å². The molecule has 1 aliphatic rings. The summed E-state index contributed by atoms with van der Waals surface area (Å²) in [5.41, 5.74) is 0.484. The number of nitriles is 1. The molecule has 0 spiro atoms. The Kier molecular flexibility index (Phi) is 6.93. The van der Waals surface area contributed by atoms with Crippen LogP contribution in [0.25, 0.3) is 0 Å². The Labute approximate surface area is 149 Å². The minimum absolute atomic E-state index is 0.0959. The molecule has 6 nitrogen and oxygen atoms in total. The number of methoxy groups -OCH3 is 3. The van der Waals surface area contributed by atoms with Crippen LogP contribution in [0.1, 0.15) is 48.9 Å². The topological polar surface area (TPSA) is 71.8 Å². The molecule has 0 bridgehead atoms. The number of rotatable bonds is 7. The third-order valence-electron chi connectivity index (χ3n) is 4.65. The number of hydrogen-bond donors (Lipinski definition) is 0. The molecule has 1 aromatic rings. The van der Waals surface area contributed by atoms with Crippen LogP contribution >= 0.6 is 0 Å². The molecule has 136 valence electrons. The van der Waals surface area contributed by atoms with Gasteiger partial charge in [-0.25, -0.2) is 0 Å². The van der Waals surface area contributed by atoms with E-state index in [1.807, 2.05) is 4.90 Å². The lowest BCUT2D eigenvalue weighted by Crippen LogP contribution is -2.42. The van der Waals surface area contributed by atoms with Gasteiger partial charge >= 0.3 is 0 Å². The van der Waals surface area contributed by atoms with Crippen molar-refractivity contribution in [2.75, 3.05) is 27.9 Å². The summed E-state index contributed by atoms with van der Waals surface area (Å²) >= 11 is 0. The maximum Gasteiger partial charge on any atom is 0.254 e. The molecule has 1 amide bonds. The molecule has 0 aliphatic heterocycles. The van der Waals surface area contributed by atoms with E-state index in [9.17, 15) is 4.79 Å². The number of carbonyl (C=O) groups excluding carboxylic acids is 1. The van der Waals surface area contributed by atoms with Gasteiger partial charge in [-0.15, -0.1) is 0 Å². The number of ether oxygens (including phenoxy) is 3. The number of benzene rings is 1. The van der Waals surface area contributed by atoms with E-state index >= 15 is 0 Å². The van der Waals surface area contributed by atoms with Crippen molar-refractivity contribution < 1.29 is 19.0 Å².